The Morgan fingerprint density at radius 3 is 2.25 bits per heavy atom. The van der Waals surface area contributed by atoms with E-state index < -0.39 is 0 Å². The van der Waals surface area contributed by atoms with E-state index in [1.54, 1.807) is 0 Å². The Morgan fingerprint density at radius 2 is 1.62 bits per heavy atom. The summed E-state index contributed by atoms with van der Waals surface area (Å²) in [5, 5.41) is 0. The van der Waals surface area contributed by atoms with Crippen LogP contribution in [0.3, 0.4) is 0 Å². The molecule has 0 saturated carbocycles. The Morgan fingerprint density at radius 1 is 0.938 bits per heavy atom. The molecule has 0 aromatic heterocycles. The molecule has 0 saturated heterocycles. The molecule has 0 N–H and O–H groups in total. The van der Waals surface area contributed by atoms with Gasteiger partial charge in [-0.25, -0.2) is 0 Å². The average Bonchev–Trinajstić information content (AvgIpc) is 2.30. The van der Waals surface area contributed by atoms with E-state index in [-0.39, 0.29) is 20.4 Å². The van der Waals surface area contributed by atoms with E-state index >= 15 is 0 Å². The molecule has 0 aliphatic heterocycles. The van der Waals surface area contributed by atoms with Crippen molar-refractivity contribution >= 4 is 5.69 Å². The van der Waals surface area contributed by atoms with Gasteiger partial charge in [0.2, 0.25) is 0 Å². The maximum atomic E-state index is 3.25. The Balaban J connectivity index is 0.00000128. The van der Waals surface area contributed by atoms with E-state index in [0.29, 0.717) is 0 Å². The zero-order chi connectivity index (χ0) is 10.7. The SMILES string of the molecule is CN(C)c1ccccc1-c1[c-]cccc1.[Pd]. The molecular formula is C14H14NPd-. The van der Waals surface area contributed by atoms with E-state index in [1.165, 1.54) is 11.3 Å². The fourth-order valence-corrected chi connectivity index (χ4v) is 1.65. The zero-order valence-electron chi connectivity index (χ0n) is 9.38. The first kappa shape index (κ1) is 13.0. The molecule has 0 heterocycles. The Kier molecular flexibility index (Phi) is 4.74. The largest absolute Gasteiger partial charge is 0.385 e. The molecule has 2 rings (SSSR count). The molecule has 2 aromatic carbocycles. The van der Waals surface area contributed by atoms with Gasteiger partial charge in [0.1, 0.15) is 0 Å². The molecule has 1 nitrogen and oxygen atoms in total. The summed E-state index contributed by atoms with van der Waals surface area (Å²) in [6.07, 6.45) is 0. The second-order valence-electron chi connectivity index (χ2n) is 3.69. The van der Waals surface area contributed by atoms with Crippen molar-refractivity contribution in [3.05, 3.63) is 54.6 Å². The van der Waals surface area contributed by atoms with Crippen LogP contribution in [0.1, 0.15) is 0 Å². The number of para-hydroxylation sites is 1. The maximum absolute atomic E-state index is 3.25. The smallest absolute Gasteiger partial charge is 0.00539 e. The van der Waals surface area contributed by atoms with Crippen molar-refractivity contribution < 1.29 is 20.4 Å². The van der Waals surface area contributed by atoms with Gasteiger partial charge in [-0.2, -0.15) is 0 Å². The molecule has 0 unspecified atom stereocenters. The molecule has 0 bridgehead atoms. The van der Waals surface area contributed by atoms with Crippen molar-refractivity contribution in [2.45, 2.75) is 0 Å². The van der Waals surface area contributed by atoms with Gasteiger partial charge in [0.15, 0.2) is 0 Å². The number of nitrogens with zero attached hydrogens (tertiary/aromatic N) is 1. The van der Waals surface area contributed by atoms with Gasteiger partial charge in [-0.15, -0.1) is 35.9 Å². The minimum absolute atomic E-state index is 0. The van der Waals surface area contributed by atoms with Crippen LogP contribution in [0.5, 0.6) is 0 Å². The van der Waals surface area contributed by atoms with Gasteiger partial charge in [-0.05, 0) is 6.07 Å². The molecule has 2 aromatic rings. The predicted octanol–water partition coefficient (Wildman–Crippen LogP) is 3.22. The first-order valence-electron chi connectivity index (χ1n) is 5.02. The van der Waals surface area contributed by atoms with Crippen molar-refractivity contribution in [2.24, 2.45) is 0 Å². The third kappa shape index (κ3) is 2.72. The van der Waals surface area contributed by atoms with Gasteiger partial charge in [-0.1, -0.05) is 23.8 Å². The molecule has 86 valence electrons. The summed E-state index contributed by atoms with van der Waals surface area (Å²) in [7, 11) is 4.11. The van der Waals surface area contributed by atoms with Crippen molar-refractivity contribution in [1.29, 1.82) is 0 Å². The minimum Gasteiger partial charge on any atom is -0.385 e. The molecule has 2 heteroatoms. The summed E-state index contributed by atoms with van der Waals surface area (Å²) >= 11 is 0. The molecule has 0 fully saturated rings. The number of rotatable bonds is 2. The van der Waals surface area contributed by atoms with Crippen molar-refractivity contribution in [2.75, 3.05) is 19.0 Å². The number of benzene rings is 2. The van der Waals surface area contributed by atoms with Crippen LogP contribution in [0.2, 0.25) is 0 Å². The van der Waals surface area contributed by atoms with Gasteiger partial charge in [0.25, 0.3) is 0 Å². The molecule has 0 atom stereocenters. The Hall–Kier alpha value is -1.10. The molecule has 0 aliphatic carbocycles. The topological polar surface area (TPSA) is 3.24 Å². The van der Waals surface area contributed by atoms with Crippen LogP contribution in [-0.2, 0) is 20.4 Å². The van der Waals surface area contributed by atoms with Crippen molar-refractivity contribution in [1.82, 2.24) is 0 Å². The Labute approximate surface area is 111 Å². The summed E-state index contributed by atoms with van der Waals surface area (Å²) in [6.45, 7) is 0. The molecule has 0 radical (unpaired) electrons. The van der Waals surface area contributed by atoms with E-state index in [9.17, 15) is 0 Å². The zero-order valence-corrected chi connectivity index (χ0v) is 10.9. The van der Waals surface area contributed by atoms with Gasteiger partial charge in [0, 0.05) is 40.2 Å². The van der Waals surface area contributed by atoms with Gasteiger partial charge in [0.05, 0.1) is 0 Å². The summed E-state index contributed by atoms with van der Waals surface area (Å²) < 4.78 is 0. The van der Waals surface area contributed by atoms with Crippen molar-refractivity contribution in [3.63, 3.8) is 0 Å². The van der Waals surface area contributed by atoms with Crippen LogP contribution >= 0.6 is 0 Å². The van der Waals surface area contributed by atoms with Gasteiger partial charge < -0.3 is 4.90 Å². The second kappa shape index (κ2) is 5.84. The summed E-state index contributed by atoms with van der Waals surface area (Å²) in [6, 6.07) is 19.7. The molecular weight excluding hydrogens is 289 g/mol. The third-order valence-corrected chi connectivity index (χ3v) is 2.39. The van der Waals surface area contributed by atoms with Crippen LogP contribution in [0.15, 0.2) is 48.5 Å². The molecule has 0 amide bonds. The first-order valence-corrected chi connectivity index (χ1v) is 5.02. The quantitative estimate of drug-likeness (QED) is 0.608. The number of anilines is 1. The second-order valence-corrected chi connectivity index (χ2v) is 3.69. The van der Waals surface area contributed by atoms with E-state index in [1.807, 2.05) is 18.2 Å². The molecule has 0 aliphatic rings. The van der Waals surface area contributed by atoms with E-state index in [2.05, 4.69) is 55.4 Å². The standard InChI is InChI=1S/C14H14N.Pd/c1-15(2)14-11-7-6-10-13(14)12-8-4-3-5-9-12;/h3-8,10-11H,1-2H3;/q-1;. The van der Waals surface area contributed by atoms with Crippen LogP contribution < -0.4 is 4.90 Å². The van der Waals surface area contributed by atoms with Crippen LogP contribution in [-0.4, -0.2) is 14.1 Å². The van der Waals surface area contributed by atoms with E-state index in [4.69, 9.17) is 0 Å². The normalized spacial score (nSPS) is 9.38. The van der Waals surface area contributed by atoms with E-state index in [0.717, 1.165) is 5.56 Å². The van der Waals surface area contributed by atoms with Gasteiger partial charge >= 0.3 is 0 Å². The number of hydrogen-bond acceptors (Lipinski definition) is 1. The predicted molar refractivity (Wildman–Crippen MR) is 65.0 cm³/mol. The average molecular weight is 303 g/mol. The third-order valence-electron chi connectivity index (χ3n) is 2.39. The fraction of sp³-hybridized carbons (Fsp3) is 0.143. The maximum Gasteiger partial charge on any atom is 0.00539 e. The van der Waals surface area contributed by atoms with Crippen LogP contribution in [0.25, 0.3) is 11.1 Å². The van der Waals surface area contributed by atoms with Crippen molar-refractivity contribution in [3.8, 4) is 11.1 Å². The minimum atomic E-state index is 0. The fourth-order valence-electron chi connectivity index (χ4n) is 1.65. The monoisotopic (exact) mass is 302 g/mol. The summed E-state index contributed by atoms with van der Waals surface area (Å²) in [5.41, 5.74) is 3.59. The van der Waals surface area contributed by atoms with Crippen LogP contribution in [0.4, 0.5) is 5.69 Å². The Bertz CT molecular complexity index is 437. The summed E-state index contributed by atoms with van der Waals surface area (Å²) in [4.78, 5) is 2.12. The number of hydrogen-bond donors (Lipinski definition) is 0. The van der Waals surface area contributed by atoms with Gasteiger partial charge in [-0.3, -0.25) is 0 Å². The summed E-state index contributed by atoms with van der Waals surface area (Å²) in [5.74, 6) is 0. The molecule has 16 heavy (non-hydrogen) atoms. The van der Waals surface area contributed by atoms with Crippen LogP contribution in [0, 0.1) is 6.07 Å². The first-order chi connectivity index (χ1) is 7.29. The molecule has 0 spiro atoms.